The second kappa shape index (κ2) is 19.6. The van der Waals surface area contributed by atoms with Gasteiger partial charge >= 0.3 is 12.2 Å². The standard InChI is InChI=1S/C52H60N8O7/c1-30(2)44(57-51(63)66-4)49(61)60-28-31(29-65-3)24-43(60)47-53-27-41(55-47)34-17-15-33(16-18-34)36-19-21-39-37(25-36)20-22-40-46(39)56-48(54-40)42-14-9-23-59(42)50(62)45(58-52(64)67-5)38-13-8-12-35(26-38)32-10-6-7-11-32/h8,12-13,15-22,25-27,30-32,42-45H,6-7,9-11,14,23-24,28-29H2,1-5H3,(H,53,55)(H,54,56)(H,57,63)(H,58,64)/t31-,42-,43-,44-,45+/m0/s1. The molecule has 3 fully saturated rings. The van der Waals surface area contributed by atoms with Crippen molar-refractivity contribution in [3.05, 3.63) is 108 Å². The van der Waals surface area contributed by atoms with Crippen LogP contribution < -0.4 is 10.6 Å². The summed E-state index contributed by atoms with van der Waals surface area (Å²) in [6.45, 7) is 5.34. The van der Waals surface area contributed by atoms with E-state index in [1.807, 2.05) is 36.9 Å². The van der Waals surface area contributed by atoms with Gasteiger partial charge in [-0.25, -0.2) is 19.6 Å². The van der Waals surface area contributed by atoms with E-state index in [2.05, 4.69) is 81.3 Å². The van der Waals surface area contributed by atoms with Gasteiger partial charge in [0.2, 0.25) is 5.91 Å². The fourth-order valence-electron chi connectivity index (χ4n) is 10.5. The number of hydrogen-bond donors (Lipinski definition) is 4. The lowest BCUT2D eigenvalue weighted by atomic mass is 9.93. The number of nitrogens with zero attached hydrogens (tertiary/aromatic N) is 4. The summed E-state index contributed by atoms with van der Waals surface area (Å²) in [5, 5.41) is 7.65. The lowest BCUT2D eigenvalue weighted by Crippen LogP contribution is -2.51. The van der Waals surface area contributed by atoms with E-state index in [-0.39, 0.29) is 35.7 Å². The summed E-state index contributed by atoms with van der Waals surface area (Å²) in [5.41, 5.74) is 7.59. The highest BCUT2D eigenvalue weighted by Gasteiger charge is 2.42. The van der Waals surface area contributed by atoms with E-state index < -0.39 is 24.3 Å². The highest BCUT2D eigenvalue weighted by Crippen LogP contribution is 2.40. The molecule has 4 aromatic carbocycles. The van der Waals surface area contributed by atoms with Gasteiger partial charge in [-0.05, 0) is 89.3 Å². The summed E-state index contributed by atoms with van der Waals surface area (Å²) in [7, 11) is 4.26. The number of carbonyl (C=O) groups is 4. The minimum atomic E-state index is -0.888. The molecule has 4 amide bonds. The predicted octanol–water partition coefficient (Wildman–Crippen LogP) is 9.11. The van der Waals surface area contributed by atoms with Gasteiger partial charge in [0.05, 0.1) is 55.8 Å². The molecule has 15 nitrogen and oxygen atoms in total. The SMILES string of the molecule is COC[C@H]1C[C@@H](c2ncc(-c3ccc(-c4ccc5c(ccc6nc([C@@H]7CCCN7C(=O)[C@H](NC(=O)OC)c7cccc(C8CCCC8)c7)[nH]c65)c4)cc3)[nH]2)N(C(=O)[C@@H](NC(=O)OC)C(C)C)C1. The number of hydrogen-bond acceptors (Lipinski definition) is 9. The Kier molecular flexibility index (Phi) is 13.3. The molecule has 0 unspecified atom stereocenters. The van der Waals surface area contributed by atoms with E-state index in [9.17, 15) is 19.2 Å². The van der Waals surface area contributed by atoms with Crippen LogP contribution >= 0.6 is 0 Å². The van der Waals surface area contributed by atoms with Crippen molar-refractivity contribution >= 4 is 45.8 Å². The Bertz CT molecular complexity index is 2760. The number of aromatic amines is 2. The van der Waals surface area contributed by atoms with Gasteiger partial charge < -0.3 is 44.6 Å². The number of fused-ring (bicyclic) bond motifs is 3. The van der Waals surface area contributed by atoms with Crippen molar-refractivity contribution in [1.82, 2.24) is 40.4 Å². The van der Waals surface area contributed by atoms with Gasteiger partial charge in [0, 0.05) is 31.5 Å². The number of aromatic nitrogens is 4. The number of amides is 4. The number of nitrogens with one attached hydrogen (secondary N) is 4. The Morgan fingerprint density at radius 2 is 1.51 bits per heavy atom. The van der Waals surface area contributed by atoms with Crippen LogP contribution in [0.1, 0.15) is 106 Å². The van der Waals surface area contributed by atoms with Gasteiger partial charge in [-0.1, -0.05) is 93.4 Å². The summed E-state index contributed by atoms with van der Waals surface area (Å²) in [4.78, 5) is 73.8. The molecule has 4 N–H and O–H groups in total. The van der Waals surface area contributed by atoms with Gasteiger partial charge in [0.25, 0.3) is 5.91 Å². The number of ether oxygens (including phenoxy) is 3. The lowest BCUT2D eigenvalue weighted by molar-refractivity contribution is -0.136. The Morgan fingerprint density at radius 1 is 0.761 bits per heavy atom. The Morgan fingerprint density at radius 3 is 2.25 bits per heavy atom. The Balaban J connectivity index is 0.922. The van der Waals surface area contributed by atoms with E-state index in [4.69, 9.17) is 24.2 Å². The maximum Gasteiger partial charge on any atom is 0.407 e. The van der Waals surface area contributed by atoms with E-state index in [0.29, 0.717) is 37.9 Å². The molecule has 350 valence electrons. The molecule has 3 aliphatic rings. The number of H-pyrrole nitrogens is 2. The van der Waals surface area contributed by atoms with Crippen LogP contribution in [-0.2, 0) is 23.8 Å². The van der Waals surface area contributed by atoms with E-state index in [0.717, 1.165) is 81.3 Å². The highest BCUT2D eigenvalue weighted by atomic mass is 16.5. The monoisotopic (exact) mass is 908 g/mol. The first-order valence-electron chi connectivity index (χ1n) is 23.5. The highest BCUT2D eigenvalue weighted by molar-refractivity contribution is 6.05. The molecule has 0 radical (unpaired) electrons. The van der Waals surface area contributed by atoms with Crippen molar-refractivity contribution in [2.24, 2.45) is 11.8 Å². The van der Waals surface area contributed by atoms with Crippen molar-refractivity contribution < 1.29 is 33.4 Å². The van der Waals surface area contributed by atoms with E-state index in [1.54, 1.807) is 18.2 Å². The number of carbonyl (C=O) groups excluding carboxylic acids is 4. The fourth-order valence-corrected chi connectivity index (χ4v) is 10.5. The zero-order valence-corrected chi connectivity index (χ0v) is 38.8. The third-order valence-electron chi connectivity index (χ3n) is 14.0. The molecule has 0 bridgehead atoms. The fraction of sp³-hybridized carbons (Fsp3) is 0.423. The number of alkyl carbamates (subject to hydrolysis) is 2. The average Bonchev–Trinajstić information content (AvgIpc) is 4.22. The molecule has 9 rings (SSSR count). The summed E-state index contributed by atoms with van der Waals surface area (Å²) in [6, 6.07) is 24.7. The van der Waals surface area contributed by atoms with Gasteiger partial charge in [-0.15, -0.1) is 0 Å². The van der Waals surface area contributed by atoms with Crippen LogP contribution in [0.25, 0.3) is 44.2 Å². The van der Waals surface area contributed by atoms with Crippen molar-refractivity contribution in [3.8, 4) is 22.4 Å². The molecule has 5 atom stereocenters. The summed E-state index contributed by atoms with van der Waals surface area (Å²) in [5.74, 6) is 1.48. The number of likely N-dealkylation sites (tertiary alicyclic amines) is 2. The first kappa shape index (κ1) is 45.4. The molecule has 4 heterocycles. The maximum atomic E-state index is 14.5. The van der Waals surface area contributed by atoms with Crippen molar-refractivity contribution in [2.75, 3.05) is 41.0 Å². The van der Waals surface area contributed by atoms with Crippen molar-refractivity contribution in [1.29, 1.82) is 0 Å². The topological polar surface area (TPSA) is 184 Å². The van der Waals surface area contributed by atoms with Gasteiger partial charge in [0.15, 0.2) is 0 Å². The summed E-state index contributed by atoms with van der Waals surface area (Å²) >= 11 is 0. The Hall–Kier alpha value is -6.74. The van der Waals surface area contributed by atoms with Crippen LogP contribution in [0.2, 0.25) is 0 Å². The van der Waals surface area contributed by atoms with Crippen LogP contribution in [0.3, 0.4) is 0 Å². The van der Waals surface area contributed by atoms with E-state index in [1.165, 1.54) is 32.6 Å². The number of rotatable bonds is 13. The minimum absolute atomic E-state index is 0.116. The van der Waals surface area contributed by atoms with Crippen LogP contribution in [0.15, 0.2) is 85.1 Å². The third kappa shape index (κ3) is 9.34. The molecule has 1 aliphatic carbocycles. The molecule has 2 saturated heterocycles. The Labute approximate surface area is 390 Å². The molecular formula is C52H60N8O7. The van der Waals surface area contributed by atoms with Crippen molar-refractivity contribution in [2.45, 2.75) is 88.9 Å². The first-order valence-corrected chi connectivity index (χ1v) is 23.5. The van der Waals surface area contributed by atoms with Gasteiger partial charge in [0.1, 0.15) is 23.7 Å². The number of methoxy groups -OCH3 is 3. The van der Waals surface area contributed by atoms with Crippen LogP contribution in [-0.4, -0.2) is 101 Å². The molecule has 2 aromatic heterocycles. The smallest absolute Gasteiger partial charge is 0.407 e. The normalized spacial score (nSPS) is 19.6. The number of imidazole rings is 2. The second-order valence-corrected chi connectivity index (χ2v) is 18.6. The molecule has 2 aliphatic heterocycles. The summed E-state index contributed by atoms with van der Waals surface area (Å²) in [6.07, 6.45) is 7.42. The molecule has 1 saturated carbocycles. The molecule has 67 heavy (non-hydrogen) atoms. The molecular weight excluding hydrogens is 849 g/mol. The summed E-state index contributed by atoms with van der Waals surface area (Å²) < 4.78 is 15.3. The quantitative estimate of drug-likeness (QED) is 0.0878. The van der Waals surface area contributed by atoms with Crippen LogP contribution in [0.5, 0.6) is 0 Å². The minimum Gasteiger partial charge on any atom is -0.453 e. The molecule has 0 spiro atoms. The zero-order chi connectivity index (χ0) is 46.8. The molecule has 6 aromatic rings. The third-order valence-corrected chi connectivity index (χ3v) is 14.0. The number of benzene rings is 4. The van der Waals surface area contributed by atoms with Crippen LogP contribution in [0.4, 0.5) is 9.59 Å². The average molecular weight is 909 g/mol. The maximum absolute atomic E-state index is 14.5. The zero-order valence-electron chi connectivity index (χ0n) is 38.8. The van der Waals surface area contributed by atoms with Gasteiger partial charge in [-0.2, -0.15) is 0 Å². The van der Waals surface area contributed by atoms with Crippen LogP contribution in [0, 0.1) is 11.8 Å². The predicted molar refractivity (Wildman–Crippen MR) is 255 cm³/mol. The molecule has 15 heteroatoms. The first-order chi connectivity index (χ1) is 32.5. The van der Waals surface area contributed by atoms with Crippen molar-refractivity contribution in [3.63, 3.8) is 0 Å². The second-order valence-electron chi connectivity index (χ2n) is 18.6. The van der Waals surface area contributed by atoms with E-state index >= 15 is 0 Å². The van der Waals surface area contributed by atoms with Gasteiger partial charge in [-0.3, -0.25) is 9.59 Å². The largest absolute Gasteiger partial charge is 0.453 e. The lowest BCUT2D eigenvalue weighted by Gasteiger charge is -2.30.